The molecule has 0 aliphatic carbocycles. The van der Waals surface area contributed by atoms with Crippen molar-refractivity contribution in [2.45, 2.75) is 65.5 Å². The Balaban J connectivity index is 0.00000332. The van der Waals surface area contributed by atoms with Crippen LogP contribution in [0.15, 0.2) is 122 Å². The Morgan fingerprint density at radius 3 is 2.12 bits per heavy atom. The van der Waals surface area contributed by atoms with Crippen molar-refractivity contribution in [3.63, 3.8) is 0 Å². The van der Waals surface area contributed by atoms with E-state index in [0.717, 1.165) is 60.5 Å². The normalized spacial score (nSPS) is 14.0. The van der Waals surface area contributed by atoms with Gasteiger partial charge < -0.3 is 14.5 Å². The van der Waals surface area contributed by atoms with Gasteiger partial charge in [0.25, 0.3) is 0 Å². The second kappa shape index (κ2) is 22.1. The van der Waals surface area contributed by atoms with Crippen LogP contribution in [0.25, 0.3) is 6.08 Å². The molecule has 1 heterocycles. The van der Waals surface area contributed by atoms with Gasteiger partial charge in [0.2, 0.25) is 11.8 Å². The monoisotopic (exact) mass is 675 g/mol. The molecule has 1 fully saturated rings. The minimum absolute atomic E-state index is 0.0218. The van der Waals surface area contributed by atoms with Gasteiger partial charge in [0.1, 0.15) is 11.8 Å². The third-order valence-corrected chi connectivity index (χ3v) is 8.88. The van der Waals surface area contributed by atoms with Crippen LogP contribution < -0.4 is 4.74 Å². The van der Waals surface area contributed by atoms with Gasteiger partial charge in [0, 0.05) is 51.8 Å². The molecule has 1 saturated heterocycles. The van der Waals surface area contributed by atoms with E-state index in [9.17, 15) is 9.59 Å². The summed E-state index contributed by atoms with van der Waals surface area (Å²) in [5.74, 6) is 0.534. The Kier molecular flexibility index (Phi) is 17.6. The van der Waals surface area contributed by atoms with E-state index in [2.05, 4.69) is 49.2 Å². The molecular formula is C44H57N3O3. The maximum Gasteiger partial charge on any atom is 0.247 e. The second-order valence-electron chi connectivity index (χ2n) is 12.3. The third-order valence-electron chi connectivity index (χ3n) is 8.88. The topological polar surface area (TPSA) is 53.1 Å². The summed E-state index contributed by atoms with van der Waals surface area (Å²) >= 11 is 0. The lowest BCUT2D eigenvalue weighted by atomic mass is 10.0. The SMILES string of the molecule is C=C/C=C(\C=C)CN1CCN(C(=O)[C@H](Cc2ccccc2)N(Cc2ccc(CCCCC)cc2)C(=O)/C=C/c2ccc(OC)cc2)CC1.CC. The lowest BCUT2D eigenvalue weighted by molar-refractivity contribution is -0.145. The predicted molar refractivity (Wildman–Crippen MR) is 209 cm³/mol. The molecule has 0 spiro atoms. The number of allylic oxidation sites excluding steroid dienone is 2. The highest BCUT2D eigenvalue weighted by atomic mass is 16.5. The zero-order chi connectivity index (χ0) is 36.1. The van der Waals surface area contributed by atoms with Gasteiger partial charge >= 0.3 is 0 Å². The van der Waals surface area contributed by atoms with Crippen LogP contribution in [0.4, 0.5) is 0 Å². The number of hydrogen-bond acceptors (Lipinski definition) is 4. The number of carbonyl (C=O) groups excluding carboxylic acids is 2. The lowest BCUT2D eigenvalue weighted by Gasteiger charge is -2.39. The quantitative estimate of drug-likeness (QED) is 0.0818. The van der Waals surface area contributed by atoms with Crippen molar-refractivity contribution in [3.8, 4) is 5.75 Å². The van der Waals surface area contributed by atoms with Gasteiger partial charge in [-0.1, -0.05) is 132 Å². The molecule has 0 unspecified atom stereocenters. The zero-order valence-corrected chi connectivity index (χ0v) is 30.7. The summed E-state index contributed by atoms with van der Waals surface area (Å²) < 4.78 is 5.29. The Hall–Kier alpha value is -4.68. The molecule has 6 heteroatoms. The number of hydrogen-bond donors (Lipinski definition) is 0. The molecule has 0 saturated carbocycles. The Labute approximate surface area is 301 Å². The summed E-state index contributed by atoms with van der Waals surface area (Å²) in [6, 6.07) is 25.4. The smallest absolute Gasteiger partial charge is 0.247 e. The summed E-state index contributed by atoms with van der Waals surface area (Å²) in [7, 11) is 1.63. The summed E-state index contributed by atoms with van der Waals surface area (Å²) in [5, 5.41) is 0. The van der Waals surface area contributed by atoms with E-state index < -0.39 is 6.04 Å². The fraction of sp³-hybridized carbons (Fsp3) is 0.364. The predicted octanol–water partition coefficient (Wildman–Crippen LogP) is 8.55. The molecule has 0 bridgehead atoms. The Morgan fingerprint density at radius 2 is 1.52 bits per heavy atom. The van der Waals surface area contributed by atoms with E-state index in [1.54, 1.807) is 24.2 Å². The van der Waals surface area contributed by atoms with Gasteiger partial charge in [-0.05, 0) is 58.9 Å². The number of nitrogens with zero attached hydrogens (tertiary/aromatic N) is 3. The van der Waals surface area contributed by atoms with Crippen molar-refractivity contribution >= 4 is 17.9 Å². The van der Waals surface area contributed by atoms with Gasteiger partial charge in [0.05, 0.1) is 7.11 Å². The van der Waals surface area contributed by atoms with E-state index in [4.69, 9.17) is 4.74 Å². The molecule has 0 aromatic heterocycles. The van der Waals surface area contributed by atoms with Crippen LogP contribution in [0.1, 0.15) is 62.3 Å². The largest absolute Gasteiger partial charge is 0.497 e. The van der Waals surface area contributed by atoms with Gasteiger partial charge in [-0.2, -0.15) is 0 Å². The summed E-state index contributed by atoms with van der Waals surface area (Å²) in [6.45, 7) is 17.7. The number of amides is 2. The van der Waals surface area contributed by atoms with Crippen LogP contribution in [0, 0.1) is 0 Å². The van der Waals surface area contributed by atoms with Crippen LogP contribution in [0.5, 0.6) is 5.75 Å². The maximum absolute atomic E-state index is 14.5. The molecule has 1 aliphatic heterocycles. The van der Waals surface area contributed by atoms with Crippen molar-refractivity contribution in [1.29, 1.82) is 0 Å². The van der Waals surface area contributed by atoms with Crippen LogP contribution >= 0.6 is 0 Å². The van der Waals surface area contributed by atoms with Crippen molar-refractivity contribution in [3.05, 3.63) is 144 Å². The van der Waals surface area contributed by atoms with Crippen molar-refractivity contribution < 1.29 is 14.3 Å². The number of methoxy groups -OCH3 is 1. The zero-order valence-electron chi connectivity index (χ0n) is 30.7. The highest BCUT2D eigenvalue weighted by molar-refractivity contribution is 5.95. The number of aryl methyl sites for hydroxylation is 1. The molecule has 0 N–H and O–H groups in total. The molecule has 1 atom stereocenters. The number of piperazine rings is 1. The van der Waals surface area contributed by atoms with Gasteiger partial charge in [-0.3, -0.25) is 14.5 Å². The Bertz CT molecular complexity index is 1520. The van der Waals surface area contributed by atoms with Crippen LogP contribution in [-0.2, 0) is 29.0 Å². The summed E-state index contributed by atoms with van der Waals surface area (Å²) in [6.07, 6.45) is 14.0. The molecule has 0 radical (unpaired) electrons. The molecule has 50 heavy (non-hydrogen) atoms. The second-order valence-corrected chi connectivity index (χ2v) is 12.3. The number of carbonyl (C=O) groups is 2. The third kappa shape index (κ3) is 12.6. The molecule has 2 amide bonds. The average Bonchev–Trinajstić information content (AvgIpc) is 3.17. The number of benzene rings is 3. The number of rotatable bonds is 17. The van der Waals surface area contributed by atoms with E-state index >= 15 is 0 Å². The number of ether oxygens (including phenoxy) is 1. The first-order chi connectivity index (χ1) is 24.4. The fourth-order valence-electron chi connectivity index (χ4n) is 6.01. The molecule has 3 aromatic carbocycles. The first-order valence-electron chi connectivity index (χ1n) is 18.1. The molecule has 1 aliphatic rings. The highest BCUT2D eigenvalue weighted by Gasteiger charge is 2.34. The summed E-state index contributed by atoms with van der Waals surface area (Å²) in [5.41, 5.74) is 5.29. The van der Waals surface area contributed by atoms with E-state index in [1.807, 2.05) is 91.6 Å². The first-order valence-corrected chi connectivity index (χ1v) is 18.1. The number of unbranched alkanes of at least 4 members (excludes halogenated alkanes) is 2. The molecule has 4 rings (SSSR count). The molecule has 6 nitrogen and oxygen atoms in total. The van der Waals surface area contributed by atoms with Crippen LogP contribution in [0.2, 0.25) is 0 Å². The Morgan fingerprint density at radius 1 is 0.860 bits per heavy atom. The summed E-state index contributed by atoms with van der Waals surface area (Å²) in [4.78, 5) is 34.7. The molecule has 266 valence electrons. The fourth-order valence-corrected chi connectivity index (χ4v) is 6.01. The van der Waals surface area contributed by atoms with Gasteiger partial charge in [-0.15, -0.1) is 0 Å². The molecule has 3 aromatic rings. The van der Waals surface area contributed by atoms with Crippen molar-refractivity contribution in [2.24, 2.45) is 0 Å². The van der Waals surface area contributed by atoms with Crippen LogP contribution in [-0.4, -0.2) is 72.4 Å². The van der Waals surface area contributed by atoms with E-state index in [1.165, 1.54) is 18.4 Å². The minimum Gasteiger partial charge on any atom is -0.497 e. The van der Waals surface area contributed by atoms with Gasteiger partial charge in [0.15, 0.2) is 0 Å². The molecular weight excluding hydrogens is 619 g/mol. The highest BCUT2D eigenvalue weighted by Crippen LogP contribution is 2.20. The van der Waals surface area contributed by atoms with Crippen molar-refractivity contribution in [1.82, 2.24) is 14.7 Å². The minimum atomic E-state index is -0.666. The maximum atomic E-state index is 14.5. The average molecular weight is 676 g/mol. The van der Waals surface area contributed by atoms with Crippen LogP contribution in [0.3, 0.4) is 0 Å². The van der Waals surface area contributed by atoms with E-state index in [-0.39, 0.29) is 11.8 Å². The van der Waals surface area contributed by atoms with Gasteiger partial charge in [-0.25, -0.2) is 0 Å². The standard InChI is InChI=1S/C42H51N3O3.C2H6/c1-5-8-10-14-35-17-19-38(20-18-35)33-45(41(46)26-23-36-21-24-39(48-4)25-22-36)40(31-37-15-11-9-12-16-37)42(47)44-29-27-43(28-30-44)32-34(7-3)13-6-2;1-2/h6-7,9,11-13,15-26,40H,2-3,5,8,10,14,27-33H2,1,4H3;1-2H3/b26-23+,34-13+;/t40-;/m0./s1. The van der Waals surface area contributed by atoms with E-state index in [0.29, 0.717) is 26.1 Å². The lowest BCUT2D eigenvalue weighted by Crippen LogP contribution is -2.56. The first kappa shape index (κ1) is 39.8. The van der Waals surface area contributed by atoms with Crippen molar-refractivity contribution in [2.75, 3.05) is 39.8 Å².